The van der Waals surface area contributed by atoms with Gasteiger partial charge in [-0.1, -0.05) is 23.7 Å². The molecule has 0 saturated carbocycles. The van der Waals surface area contributed by atoms with Gasteiger partial charge in [-0.2, -0.15) is 0 Å². The molecule has 1 heterocycles. The predicted octanol–water partition coefficient (Wildman–Crippen LogP) is 4.15. The maximum Gasteiger partial charge on any atom is 0.118 e. The third kappa shape index (κ3) is 4.10. The second-order valence-corrected chi connectivity index (χ2v) is 5.91. The summed E-state index contributed by atoms with van der Waals surface area (Å²) in [7, 11) is 4.04. The van der Waals surface area contributed by atoms with E-state index in [1.165, 1.54) is 11.1 Å². The van der Waals surface area contributed by atoms with E-state index in [-0.39, 0.29) is 6.04 Å². The zero-order valence-electron chi connectivity index (χ0n) is 13.1. The number of furan rings is 1. The van der Waals surface area contributed by atoms with Crippen molar-refractivity contribution < 1.29 is 4.42 Å². The fraction of sp³-hybridized carbons (Fsp3) is 0.412. The van der Waals surface area contributed by atoms with Crippen molar-refractivity contribution in [2.24, 2.45) is 0 Å². The summed E-state index contributed by atoms with van der Waals surface area (Å²) in [6, 6.07) is 10.4. The van der Waals surface area contributed by atoms with Gasteiger partial charge in [0.2, 0.25) is 0 Å². The summed E-state index contributed by atoms with van der Waals surface area (Å²) in [6.07, 6.45) is 0. The first-order valence-corrected chi connectivity index (χ1v) is 7.57. The summed E-state index contributed by atoms with van der Waals surface area (Å²) in [5.41, 5.74) is 2.43. The molecule has 0 bridgehead atoms. The number of benzene rings is 1. The molecule has 21 heavy (non-hydrogen) atoms. The van der Waals surface area contributed by atoms with E-state index in [0.717, 1.165) is 29.6 Å². The minimum atomic E-state index is 0.279. The zero-order valence-corrected chi connectivity index (χ0v) is 13.9. The summed E-state index contributed by atoms with van der Waals surface area (Å²) in [4.78, 5) is 2.26. The third-order valence-electron chi connectivity index (χ3n) is 3.84. The van der Waals surface area contributed by atoms with E-state index in [4.69, 9.17) is 16.0 Å². The normalized spacial score (nSPS) is 12.9. The monoisotopic (exact) mass is 306 g/mol. The smallest absolute Gasteiger partial charge is 0.118 e. The number of nitrogens with one attached hydrogen (secondary N) is 1. The minimum absolute atomic E-state index is 0.279. The molecule has 4 heteroatoms. The molecule has 0 radical (unpaired) electrons. The van der Waals surface area contributed by atoms with Crippen LogP contribution in [0.1, 0.15) is 35.6 Å². The van der Waals surface area contributed by atoms with Crippen molar-refractivity contribution in [3.63, 3.8) is 0 Å². The van der Waals surface area contributed by atoms with Gasteiger partial charge in [-0.25, -0.2) is 0 Å². The van der Waals surface area contributed by atoms with Crippen molar-refractivity contribution in [3.05, 3.63) is 58.0 Å². The molecule has 0 saturated heterocycles. The molecular weight excluding hydrogens is 284 g/mol. The van der Waals surface area contributed by atoms with Crippen LogP contribution >= 0.6 is 11.6 Å². The Morgan fingerprint density at radius 3 is 2.76 bits per heavy atom. The van der Waals surface area contributed by atoms with Crippen LogP contribution in [-0.2, 0) is 13.1 Å². The standard InChI is InChI=1S/C17H23ClN2O/c1-12(14-6-5-7-16(18)8-14)20(4)11-17-9-15(10-19-3)13(2)21-17/h5-9,12,19H,10-11H2,1-4H3. The van der Waals surface area contributed by atoms with E-state index in [0.29, 0.717) is 0 Å². The van der Waals surface area contributed by atoms with Gasteiger partial charge in [0.05, 0.1) is 6.54 Å². The molecule has 1 atom stereocenters. The van der Waals surface area contributed by atoms with Gasteiger partial charge in [0, 0.05) is 23.2 Å². The Morgan fingerprint density at radius 2 is 2.10 bits per heavy atom. The molecule has 0 amide bonds. The zero-order chi connectivity index (χ0) is 15.4. The fourth-order valence-electron chi connectivity index (χ4n) is 2.44. The molecule has 1 unspecified atom stereocenters. The van der Waals surface area contributed by atoms with E-state index in [2.05, 4.69) is 36.3 Å². The van der Waals surface area contributed by atoms with E-state index < -0.39 is 0 Å². The van der Waals surface area contributed by atoms with Gasteiger partial charge >= 0.3 is 0 Å². The van der Waals surface area contributed by atoms with Gasteiger partial charge in [-0.3, -0.25) is 4.90 Å². The van der Waals surface area contributed by atoms with Crippen molar-refractivity contribution in [1.29, 1.82) is 0 Å². The highest BCUT2D eigenvalue weighted by Gasteiger charge is 2.15. The van der Waals surface area contributed by atoms with Crippen LogP contribution in [0.4, 0.5) is 0 Å². The second kappa shape index (κ2) is 7.12. The van der Waals surface area contributed by atoms with Crippen molar-refractivity contribution in [1.82, 2.24) is 10.2 Å². The van der Waals surface area contributed by atoms with Crippen LogP contribution in [0.3, 0.4) is 0 Å². The van der Waals surface area contributed by atoms with E-state index in [9.17, 15) is 0 Å². The fourth-order valence-corrected chi connectivity index (χ4v) is 2.63. The average Bonchev–Trinajstić information content (AvgIpc) is 2.78. The Bertz CT molecular complexity index is 594. The van der Waals surface area contributed by atoms with Crippen LogP contribution < -0.4 is 5.32 Å². The van der Waals surface area contributed by atoms with E-state index in [1.54, 1.807) is 0 Å². The highest BCUT2D eigenvalue weighted by Crippen LogP contribution is 2.24. The lowest BCUT2D eigenvalue weighted by atomic mass is 10.1. The summed E-state index contributed by atoms with van der Waals surface area (Å²) in [5, 5.41) is 3.93. The van der Waals surface area contributed by atoms with Gasteiger partial charge in [0.1, 0.15) is 11.5 Å². The molecule has 0 aliphatic carbocycles. The molecule has 1 aromatic carbocycles. The van der Waals surface area contributed by atoms with Crippen molar-refractivity contribution in [2.75, 3.05) is 14.1 Å². The van der Waals surface area contributed by atoms with Crippen LogP contribution in [0.5, 0.6) is 0 Å². The molecule has 0 fully saturated rings. The lowest BCUT2D eigenvalue weighted by Gasteiger charge is -2.24. The second-order valence-electron chi connectivity index (χ2n) is 5.47. The summed E-state index contributed by atoms with van der Waals surface area (Å²) >= 11 is 6.07. The Hall–Kier alpha value is -1.29. The Balaban J connectivity index is 2.06. The lowest BCUT2D eigenvalue weighted by Crippen LogP contribution is -2.21. The summed E-state index contributed by atoms with van der Waals surface area (Å²) in [6.45, 7) is 5.80. The highest BCUT2D eigenvalue weighted by atomic mass is 35.5. The molecule has 0 spiro atoms. The van der Waals surface area contributed by atoms with Gasteiger partial charge in [-0.05, 0) is 51.7 Å². The maximum absolute atomic E-state index is 6.07. The lowest BCUT2D eigenvalue weighted by molar-refractivity contribution is 0.231. The van der Waals surface area contributed by atoms with Gasteiger partial charge in [-0.15, -0.1) is 0 Å². The minimum Gasteiger partial charge on any atom is -0.465 e. The molecule has 0 aliphatic rings. The first kappa shape index (κ1) is 16.1. The molecule has 2 rings (SSSR count). The molecule has 2 aromatic rings. The van der Waals surface area contributed by atoms with Crippen LogP contribution in [-0.4, -0.2) is 19.0 Å². The largest absolute Gasteiger partial charge is 0.465 e. The number of hydrogen-bond donors (Lipinski definition) is 1. The first-order valence-electron chi connectivity index (χ1n) is 7.19. The average molecular weight is 307 g/mol. The molecule has 1 aromatic heterocycles. The van der Waals surface area contributed by atoms with Gasteiger partial charge < -0.3 is 9.73 Å². The van der Waals surface area contributed by atoms with Gasteiger partial charge in [0.25, 0.3) is 0 Å². The quantitative estimate of drug-likeness (QED) is 0.869. The highest BCUT2D eigenvalue weighted by molar-refractivity contribution is 6.30. The Labute approximate surface area is 131 Å². The summed E-state index contributed by atoms with van der Waals surface area (Å²) in [5.74, 6) is 1.98. The summed E-state index contributed by atoms with van der Waals surface area (Å²) < 4.78 is 5.84. The Morgan fingerprint density at radius 1 is 1.33 bits per heavy atom. The predicted molar refractivity (Wildman–Crippen MR) is 87.5 cm³/mol. The number of hydrogen-bond acceptors (Lipinski definition) is 3. The van der Waals surface area contributed by atoms with Crippen molar-refractivity contribution in [2.45, 2.75) is 33.0 Å². The first-order chi connectivity index (χ1) is 10.0. The van der Waals surface area contributed by atoms with E-state index >= 15 is 0 Å². The third-order valence-corrected chi connectivity index (χ3v) is 4.07. The number of nitrogens with zero attached hydrogens (tertiary/aromatic N) is 1. The Kier molecular flexibility index (Phi) is 5.45. The molecule has 1 N–H and O–H groups in total. The van der Waals surface area contributed by atoms with Crippen LogP contribution in [0.2, 0.25) is 5.02 Å². The van der Waals surface area contributed by atoms with Crippen LogP contribution in [0, 0.1) is 6.92 Å². The topological polar surface area (TPSA) is 28.4 Å². The molecule has 0 aliphatic heterocycles. The molecule has 114 valence electrons. The molecular formula is C17H23ClN2O. The van der Waals surface area contributed by atoms with Crippen molar-refractivity contribution in [3.8, 4) is 0 Å². The number of aryl methyl sites for hydroxylation is 1. The van der Waals surface area contributed by atoms with Crippen LogP contribution in [0.25, 0.3) is 0 Å². The number of rotatable bonds is 6. The van der Waals surface area contributed by atoms with E-state index in [1.807, 2.05) is 32.2 Å². The van der Waals surface area contributed by atoms with Gasteiger partial charge in [0.15, 0.2) is 0 Å². The molecule has 3 nitrogen and oxygen atoms in total. The maximum atomic E-state index is 6.07. The number of halogens is 1. The van der Waals surface area contributed by atoms with Crippen LogP contribution in [0.15, 0.2) is 34.7 Å². The van der Waals surface area contributed by atoms with Crippen molar-refractivity contribution >= 4 is 11.6 Å². The SMILES string of the molecule is CNCc1cc(CN(C)C(C)c2cccc(Cl)c2)oc1C.